The first kappa shape index (κ1) is 11.6. The molecule has 3 nitrogen and oxygen atoms in total. The molecule has 1 rings (SSSR count). The molecule has 0 saturated heterocycles. The molecule has 1 aromatic carbocycles. The number of hydrogen-bond acceptors (Lipinski definition) is 3. The Labute approximate surface area is 90.0 Å². The summed E-state index contributed by atoms with van der Waals surface area (Å²) in [6.45, 7) is 6.85. The highest BCUT2D eigenvalue weighted by Gasteiger charge is 2.11. The second kappa shape index (κ2) is 5.39. The monoisotopic (exact) mass is 208 g/mol. The topological polar surface area (TPSA) is 35.5 Å². The second-order valence-electron chi connectivity index (χ2n) is 3.09. The fraction of sp³-hybridized carbons (Fsp3) is 0.417. The summed E-state index contributed by atoms with van der Waals surface area (Å²) in [4.78, 5) is 10.8. The average molecular weight is 208 g/mol. The van der Waals surface area contributed by atoms with Gasteiger partial charge in [-0.15, -0.1) is 0 Å². The van der Waals surface area contributed by atoms with Crippen molar-refractivity contribution in [3.8, 4) is 11.5 Å². The van der Waals surface area contributed by atoms with E-state index in [9.17, 15) is 4.79 Å². The smallest absolute Gasteiger partial charge is 0.153 e. The van der Waals surface area contributed by atoms with Crippen molar-refractivity contribution in [2.24, 2.45) is 0 Å². The maximum absolute atomic E-state index is 10.8. The first-order valence-electron chi connectivity index (χ1n) is 5.08. The van der Waals surface area contributed by atoms with E-state index in [0.29, 0.717) is 24.5 Å². The minimum absolute atomic E-state index is 0.539. The van der Waals surface area contributed by atoms with Gasteiger partial charge in [0.1, 0.15) is 11.5 Å². The lowest BCUT2D eigenvalue weighted by Gasteiger charge is -2.13. The third-order valence-corrected chi connectivity index (χ3v) is 2.10. The Hall–Kier alpha value is -1.51. The van der Waals surface area contributed by atoms with Crippen molar-refractivity contribution >= 4 is 6.29 Å². The van der Waals surface area contributed by atoms with Crippen molar-refractivity contribution in [2.75, 3.05) is 13.2 Å². The predicted molar refractivity (Wildman–Crippen MR) is 58.9 cm³/mol. The normalized spacial score (nSPS) is 9.80. The van der Waals surface area contributed by atoms with Gasteiger partial charge in [-0.1, -0.05) is 0 Å². The summed E-state index contributed by atoms with van der Waals surface area (Å²) in [6, 6.07) is 3.51. The van der Waals surface area contributed by atoms with Gasteiger partial charge < -0.3 is 9.47 Å². The summed E-state index contributed by atoms with van der Waals surface area (Å²) in [5, 5.41) is 0. The van der Waals surface area contributed by atoms with Crippen LogP contribution in [0.2, 0.25) is 0 Å². The largest absolute Gasteiger partial charge is 0.493 e. The van der Waals surface area contributed by atoms with Gasteiger partial charge in [-0.25, -0.2) is 0 Å². The van der Waals surface area contributed by atoms with Crippen molar-refractivity contribution in [3.63, 3.8) is 0 Å². The zero-order chi connectivity index (χ0) is 11.3. The molecule has 0 fully saturated rings. The SMILES string of the molecule is CCOc1ccc(C=O)c(OCC)c1C. The molecule has 0 heterocycles. The molecule has 0 aliphatic carbocycles. The van der Waals surface area contributed by atoms with Gasteiger partial charge in [0, 0.05) is 5.56 Å². The maximum atomic E-state index is 10.8. The molecule has 0 saturated carbocycles. The van der Waals surface area contributed by atoms with Gasteiger partial charge in [-0.05, 0) is 32.9 Å². The van der Waals surface area contributed by atoms with Crippen LogP contribution in [0.25, 0.3) is 0 Å². The standard InChI is InChI=1S/C12H16O3/c1-4-14-11-7-6-10(8-13)12(9(11)3)15-5-2/h6-8H,4-5H2,1-3H3. The molecule has 0 radical (unpaired) electrons. The van der Waals surface area contributed by atoms with Crippen LogP contribution in [0, 0.1) is 6.92 Å². The molecule has 0 atom stereocenters. The van der Waals surface area contributed by atoms with E-state index in [1.165, 1.54) is 0 Å². The Bertz CT molecular complexity index is 345. The number of ether oxygens (including phenoxy) is 2. The van der Waals surface area contributed by atoms with E-state index < -0.39 is 0 Å². The van der Waals surface area contributed by atoms with E-state index in [0.717, 1.165) is 17.6 Å². The fourth-order valence-electron chi connectivity index (χ4n) is 1.44. The third-order valence-electron chi connectivity index (χ3n) is 2.10. The summed E-state index contributed by atoms with van der Waals surface area (Å²) in [5.41, 5.74) is 1.45. The summed E-state index contributed by atoms with van der Waals surface area (Å²) in [5.74, 6) is 1.39. The molecular weight excluding hydrogens is 192 g/mol. The average Bonchev–Trinajstić information content (AvgIpc) is 2.25. The van der Waals surface area contributed by atoms with E-state index in [2.05, 4.69) is 0 Å². The molecule has 1 aromatic rings. The minimum atomic E-state index is 0.539. The van der Waals surface area contributed by atoms with Crippen molar-refractivity contribution < 1.29 is 14.3 Å². The van der Waals surface area contributed by atoms with E-state index in [-0.39, 0.29) is 0 Å². The van der Waals surface area contributed by atoms with E-state index in [1.54, 1.807) is 12.1 Å². The van der Waals surface area contributed by atoms with Crippen LogP contribution in [0.1, 0.15) is 29.8 Å². The molecule has 82 valence electrons. The number of carbonyl (C=O) groups excluding carboxylic acids is 1. The number of hydrogen-bond donors (Lipinski definition) is 0. The molecule has 0 aliphatic heterocycles. The Morgan fingerprint density at radius 1 is 1.20 bits per heavy atom. The lowest BCUT2D eigenvalue weighted by atomic mass is 10.1. The Balaban J connectivity index is 3.16. The zero-order valence-electron chi connectivity index (χ0n) is 9.37. The molecule has 3 heteroatoms. The maximum Gasteiger partial charge on any atom is 0.153 e. The molecule has 0 spiro atoms. The molecule has 0 unspecified atom stereocenters. The Morgan fingerprint density at radius 2 is 1.87 bits per heavy atom. The molecular formula is C12H16O3. The van der Waals surface area contributed by atoms with E-state index >= 15 is 0 Å². The van der Waals surface area contributed by atoms with Gasteiger partial charge in [-0.3, -0.25) is 4.79 Å². The van der Waals surface area contributed by atoms with Gasteiger partial charge in [0.05, 0.1) is 18.8 Å². The van der Waals surface area contributed by atoms with Crippen LogP contribution in [-0.4, -0.2) is 19.5 Å². The molecule has 0 aromatic heterocycles. The number of aldehydes is 1. The lowest BCUT2D eigenvalue weighted by Crippen LogP contribution is -2.01. The summed E-state index contributed by atoms with van der Waals surface area (Å²) < 4.78 is 10.9. The summed E-state index contributed by atoms with van der Waals surface area (Å²) in [7, 11) is 0. The van der Waals surface area contributed by atoms with Crippen molar-refractivity contribution in [1.82, 2.24) is 0 Å². The fourth-order valence-corrected chi connectivity index (χ4v) is 1.44. The van der Waals surface area contributed by atoms with Crippen LogP contribution in [0.4, 0.5) is 0 Å². The first-order valence-corrected chi connectivity index (χ1v) is 5.08. The number of rotatable bonds is 5. The van der Waals surface area contributed by atoms with E-state index in [4.69, 9.17) is 9.47 Å². The summed E-state index contributed by atoms with van der Waals surface area (Å²) in [6.07, 6.45) is 0.799. The van der Waals surface area contributed by atoms with Gasteiger partial charge >= 0.3 is 0 Å². The molecule has 15 heavy (non-hydrogen) atoms. The van der Waals surface area contributed by atoms with Crippen LogP contribution < -0.4 is 9.47 Å². The molecule has 0 aliphatic rings. The van der Waals surface area contributed by atoms with Crippen LogP contribution in [0.5, 0.6) is 11.5 Å². The zero-order valence-corrected chi connectivity index (χ0v) is 9.37. The number of benzene rings is 1. The van der Waals surface area contributed by atoms with Crippen LogP contribution in [-0.2, 0) is 0 Å². The first-order chi connectivity index (χ1) is 7.24. The highest BCUT2D eigenvalue weighted by Crippen LogP contribution is 2.30. The van der Waals surface area contributed by atoms with Gasteiger partial charge in [-0.2, -0.15) is 0 Å². The van der Waals surface area contributed by atoms with Crippen molar-refractivity contribution in [2.45, 2.75) is 20.8 Å². The molecule has 0 amide bonds. The van der Waals surface area contributed by atoms with Crippen LogP contribution in [0.3, 0.4) is 0 Å². The third kappa shape index (κ3) is 2.49. The summed E-state index contributed by atoms with van der Waals surface area (Å²) >= 11 is 0. The van der Waals surface area contributed by atoms with Crippen LogP contribution in [0.15, 0.2) is 12.1 Å². The van der Waals surface area contributed by atoms with Crippen molar-refractivity contribution in [1.29, 1.82) is 0 Å². The van der Waals surface area contributed by atoms with Gasteiger partial charge in [0.2, 0.25) is 0 Å². The van der Waals surface area contributed by atoms with E-state index in [1.807, 2.05) is 20.8 Å². The quantitative estimate of drug-likeness (QED) is 0.698. The highest BCUT2D eigenvalue weighted by molar-refractivity contribution is 5.81. The number of carbonyl (C=O) groups is 1. The Kier molecular flexibility index (Phi) is 4.16. The minimum Gasteiger partial charge on any atom is -0.493 e. The molecule has 0 bridgehead atoms. The van der Waals surface area contributed by atoms with Gasteiger partial charge in [0.15, 0.2) is 6.29 Å². The molecule has 0 N–H and O–H groups in total. The predicted octanol–water partition coefficient (Wildman–Crippen LogP) is 2.60. The lowest BCUT2D eigenvalue weighted by molar-refractivity contribution is 0.111. The highest BCUT2D eigenvalue weighted by atomic mass is 16.5. The van der Waals surface area contributed by atoms with Crippen molar-refractivity contribution in [3.05, 3.63) is 23.3 Å². The second-order valence-corrected chi connectivity index (χ2v) is 3.09. The van der Waals surface area contributed by atoms with Gasteiger partial charge in [0.25, 0.3) is 0 Å². The van der Waals surface area contributed by atoms with Crippen LogP contribution >= 0.6 is 0 Å². The Morgan fingerprint density at radius 3 is 2.40 bits per heavy atom.